The summed E-state index contributed by atoms with van der Waals surface area (Å²) in [5.74, 6) is 0.818. The molecule has 0 aromatic heterocycles. The van der Waals surface area contributed by atoms with Crippen LogP contribution in [-0.4, -0.2) is 12.3 Å². The summed E-state index contributed by atoms with van der Waals surface area (Å²) < 4.78 is 6.21. The molecule has 2 N–H and O–H groups in total. The van der Waals surface area contributed by atoms with Gasteiger partial charge in [0.1, 0.15) is 6.23 Å². The van der Waals surface area contributed by atoms with E-state index in [1.165, 1.54) is 63.4 Å². The van der Waals surface area contributed by atoms with Crippen LogP contribution in [-0.2, 0) is 4.74 Å². The van der Waals surface area contributed by atoms with Gasteiger partial charge in [0.05, 0.1) is 6.10 Å². The molecule has 0 bridgehead atoms. The molecule has 0 aromatic rings. The van der Waals surface area contributed by atoms with Gasteiger partial charge in [0, 0.05) is 0 Å². The highest BCUT2D eigenvalue weighted by Gasteiger charge is 2.26. The summed E-state index contributed by atoms with van der Waals surface area (Å²) in [5.41, 5.74) is 9.33. The lowest BCUT2D eigenvalue weighted by Gasteiger charge is -2.32. The third-order valence-corrected chi connectivity index (χ3v) is 4.99. The Kier molecular flexibility index (Phi) is 4.39. The summed E-state index contributed by atoms with van der Waals surface area (Å²) in [6, 6.07) is 0. The van der Waals surface area contributed by atoms with Crippen molar-refractivity contribution in [3.63, 3.8) is 0 Å². The largest absolute Gasteiger partial charge is 0.356 e. The van der Waals surface area contributed by atoms with Gasteiger partial charge >= 0.3 is 0 Å². The van der Waals surface area contributed by atoms with E-state index in [4.69, 9.17) is 10.5 Å². The SMILES string of the molecule is NC(CC1CCCC1)OC1CCCC2=C1CCC=C2. The maximum absolute atomic E-state index is 6.24. The van der Waals surface area contributed by atoms with Crippen LogP contribution in [0.5, 0.6) is 0 Å². The molecule has 3 aliphatic carbocycles. The van der Waals surface area contributed by atoms with Crippen LogP contribution in [0.25, 0.3) is 0 Å². The van der Waals surface area contributed by atoms with Crippen molar-refractivity contribution in [1.82, 2.24) is 0 Å². The molecule has 2 nitrogen and oxygen atoms in total. The molecule has 3 rings (SSSR count). The molecule has 1 saturated carbocycles. The minimum atomic E-state index is -0.0501. The molecule has 0 spiro atoms. The third kappa shape index (κ3) is 3.29. The maximum atomic E-state index is 6.24. The number of hydrogen-bond donors (Lipinski definition) is 1. The van der Waals surface area contributed by atoms with E-state index in [-0.39, 0.29) is 6.23 Å². The quantitative estimate of drug-likeness (QED) is 0.774. The van der Waals surface area contributed by atoms with Crippen LogP contribution < -0.4 is 5.73 Å². The number of rotatable bonds is 4. The fourth-order valence-corrected chi connectivity index (χ4v) is 3.99. The summed E-state index contributed by atoms with van der Waals surface area (Å²) in [6.07, 6.45) is 17.5. The molecule has 0 aromatic carbocycles. The Hall–Kier alpha value is -0.600. The lowest BCUT2D eigenvalue weighted by molar-refractivity contribution is -0.0108. The van der Waals surface area contributed by atoms with Gasteiger partial charge in [-0.2, -0.15) is 0 Å². The van der Waals surface area contributed by atoms with E-state index in [0.29, 0.717) is 6.10 Å². The zero-order valence-corrected chi connectivity index (χ0v) is 11.9. The van der Waals surface area contributed by atoms with E-state index >= 15 is 0 Å². The molecule has 0 saturated heterocycles. The van der Waals surface area contributed by atoms with E-state index in [9.17, 15) is 0 Å². The molecular weight excluding hydrogens is 234 g/mol. The van der Waals surface area contributed by atoms with Gasteiger partial charge in [0.2, 0.25) is 0 Å². The van der Waals surface area contributed by atoms with Crippen LogP contribution in [0.4, 0.5) is 0 Å². The van der Waals surface area contributed by atoms with Crippen molar-refractivity contribution in [1.29, 1.82) is 0 Å². The normalized spacial score (nSPS) is 29.6. The highest BCUT2D eigenvalue weighted by atomic mass is 16.5. The number of allylic oxidation sites excluding steroid dienone is 3. The van der Waals surface area contributed by atoms with Gasteiger partial charge in [-0.3, -0.25) is 0 Å². The topological polar surface area (TPSA) is 35.2 Å². The first-order chi connectivity index (χ1) is 9.33. The van der Waals surface area contributed by atoms with Crippen LogP contribution in [0.2, 0.25) is 0 Å². The van der Waals surface area contributed by atoms with Gasteiger partial charge in [-0.05, 0) is 55.6 Å². The number of hydrogen-bond acceptors (Lipinski definition) is 2. The predicted octanol–water partition coefficient (Wildman–Crippen LogP) is 4.07. The molecule has 0 radical (unpaired) electrons. The summed E-state index contributed by atoms with van der Waals surface area (Å²) in [7, 11) is 0. The standard InChI is InChI=1S/C17H27NO/c18-17(12-13-6-1-2-7-13)19-16-11-5-9-14-8-3-4-10-15(14)16/h3,8,13,16-17H,1-2,4-7,9-12,18H2. The minimum Gasteiger partial charge on any atom is -0.356 e. The Morgan fingerprint density at radius 3 is 2.84 bits per heavy atom. The van der Waals surface area contributed by atoms with Crippen molar-refractivity contribution in [2.24, 2.45) is 11.7 Å². The summed E-state index contributed by atoms with van der Waals surface area (Å²) in [6.45, 7) is 0. The molecule has 106 valence electrons. The molecule has 0 aliphatic heterocycles. The van der Waals surface area contributed by atoms with Gasteiger partial charge < -0.3 is 10.5 Å². The van der Waals surface area contributed by atoms with E-state index in [1.54, 1.807) is 5.57 Å². The van der Waals surface area contributed by atoms with Gasteiger partial charge in [-0.15, -0.1) is 0 Å². The number of nitrogens with two attached hydrogens (primary N) is 1. The average Bonchev–Trinajstić information content (AvgIpc) is 2.92. The lowest BCUT2D eigenvalue weighted by Crippen LogP contribution is -2.34. The molecule has 2 heteroatoms. The molecule has 0 amide bonds. The van der Waals surface area contributed by atoms with Crippen molar-refractivity contribution in [3.8, 4) is 0 Å². The molecule has 19 heavy (non-hydrogen) atoms. The second kappa shape index (κ2) is 6.23. The van der Waals surface area contributed by atoms with Crippen molar-refractivity contribution in [2.45, 2.75) is 76.5 Å². The van der Waals surface area contributed by atoms with Crippen molar-refractivity contribution < 1.29 is 4.74 Å². The second-order valence-corrected chi connectivity index (χ2v) is 6.43. The fourth-order valence-electron chi connectivity index (χ4n) is 3.99. The van der Waals surface area contributed by atoms with Crippen molar-refractivity contribution in [2.75, 3.05) is 0 Å². The van der Waals surface area contributed by atoms with Gasteiger partial charge in [0.15, 0.2) is 0 Å². The van der Waals surface area contributed by atoms with E-state index in [0.717, 1.165) is 12.3 Å². The van der Waals surface area contributed by atoms with Crippen LogP contribution in [0.15, 0.2) is 23.3 Å². The van der Waals surface area contributed by atoms with E-state index in [2.05, 4.69) is 12.2 Å². The molecule has 0 heterocycles. The Labute approximate surface area is 117 Å². The van der Waals surface area contributed by atoms with Crippen LogP contribution in [0.3, 0.4) is 0 Å². The zero-order chi connectivity index (χ0) is 13.1. The lowest BCUT2D eigenvalue weighted by atomic mass is 9.84. The highest BCUT2D eigenvalue weighted by molar-refractivity contribution is 5.33. The Bertz CT molecular complexity index is 365. The molecule has 2 atom stereocenters. The van der Waals surface area contributed by atoms with Crippen molar-refractivity contribution >= 4 is 0 Å². The zero-order valence-electron chi connectivity index (χ0n) is 11.9. The van der Waals surface area contributed by atoms with Crippen LogP contribution in [0.1, 0.15) is 64.2 Å². The fraction of sp³-hybridized carbons (Fsp3) is 0.765. The summed E-state index contributed by atoms with van der Waals surface area (Å²) in [5, 5.41) is 0. The first kappa shape index (κ1) is 13.4. The smallest absolute Gasteiger partial charge is 0.106 e. The Morgan fingerprint density at radius 1 is 1.16 bits per heavy atom. The highest BCUT2D eigenvalue weighted by Crippen LogP contribution is 2.35. The van der Waals surface area contributed by atoms with Gasteiger partial charge in [0.25, 0.3) is 0 Å². The van der Waals surface area contributed by atoms with E-state index < -0.39 is 0 Å². The predicted molar refractivity (Wildman–Crippen MR) is 78.7 cm³/mol. The minimum absolute atomic E-state index is 0.0501. The Morgan fingerprint density at radius 2 is 2.00 bits per heavy atom. The second-order valence-electron chi connectivity index (χ2n) is 6.43. The first-order valence-electron chi connectivity index (χ1n) is 8.12. The summed E-state index contributed by atoms with van der Waals surface area (Å²) >= 11 is 0. The molecular formula is C17H27NO. The average molecular weight is 261 g/mol. The summed E-state index contributed by atoms with van der Waals surface area (Å²) in [4.78, 5) is 0. The molecule has 1 fully saturated rings. The van der Waals surface area contributed by atoms with Crippen molar-refractivity contribution in [3.05, 3.63) is 23.3 Å². The van der Waals surface area contributed by atoms with Crippen LogP contribution in [0, 0.1) is 5.92 Å². The third-order valence-electron chi connectivity index (χ3n) is 4.99. The molecule has 2 unspecified atom stereocenters. The van der Waals surface area contributed by atoms with E-state index in [1.807, 2.05) is 0 Å². The number of ether oxygens (including phenoxy) is 1. The van der Waals surface area contributed by atoms with Gasteiger partial charge in [-0.25, -0.2) is 0 Å². The van der Waals surface area contributed by atoms with Crippen LogP contribution >= 0.6 is 0 Å². The molecule has 3 aliphatic rings. The Balaban J connectivity index is 1.57. The first-order valence-corrected chi connectivity index (χ1v) is 8.12. The van der Waals surface area contributed by atoms with Gasteiger partial charge in [-0.1, -0.05) is 37.8 Å². The monoisotopic (exact) mass is 261 g/mol. The maximum Gasteiger partial charge on any atom is 0.106 e.